The summed E-state index contributed by atoms with van der Waals surface area (Å²) >= 11 is 0. The van der Waals surface area contributed by atoms with Gasteiger partial charge in [-0.25, -0.2) is 19.3 Å². The van der Waals surface area contributed by atoms with E-state index in [4.69, 9.17) is 9.54 Å². The minimum atomic E-state index is -3.67. The lowest BCUT2D eigenvalue weighted by atomic mass is 10.1. The Hall–Kier alpha value is -4.11. The van der Waals surface area contributed by atoms with Crippen LogP contribution in [-0.4, -0.2) is 86.8 Å². The highest BCUT2D eigenvalue weighted by Crippen LogP contribution is 2.23. The van der Waals surface area contributed by atoms with Gasteiger partial charge in [0.1, 0.15) is 11.0 Å². The van der Waals surface area contributed by atoms with E-state index in [0.29, 0.717) is 34.7 Å². The lowest BCUT2D eigenvalue weighted by Crippen LogP contribution is -2.44. The van der Waals surface area contributed by atoms with E-state index >= 15 is 0 Å². The van der Waals surface area contributed by atoms with Crippen LogP contribution in [0.4, 0.5) is 17.3 Å². The van der Waals surface area contributed by atoms with E-state index in [9.17, 15) is 18.3 Å². The standard InChI is InChI=1S/C27H32N8O2.CH4O3S/c1-5-13-34-25(36)21-18-28-26(29-19-9-11-20(12-10-19)33-16-14-32(4)15-17-33)31-24(21)35(34)23-8-6-7-22(30-23)27(2,3)37;1-5(2,3)4/h5-12,18,37H,1,13-17H2,2-4H3,(H,28,29,31);1H3,(H,2,3,4). The Kier molecular flexibility index (Phi) is 9.11. The molecule has 0 atom stereocenters. The van der Waals surface area contributed by atoms with Gasteiger partial charge in [-0.15, -0.1) is 6.58 Å². The van der Waals surface area contributed by atoms with Crippen LogP contribution in [0.2, 0.25) is 0 Å². The molecule has 0 unspecified atom stereocenters. The summed E-state index contributed by atoms with van der Waals surface area (Å²) in [6.07, 6.45) is 3.89. The Morgan fingerprint density at radius 3 is 2.31 bits per heavy atom. The van der Waals surface area contributed by atoms with Gasteiger partial charge in [-0.2, -0.15) is 13.4 Å². The third-order valence-corrected chi connectivity index (χ3v) is 6.55. The molecule has 1 fully saturated rings. The summed E-state index contributed by atoms with van der Waals surface area (Å²) in [5.41, 5.74) is 1.55. The zero-order valence-electron chi connectivity index (χ0n) is 24.1. The first-order valence-corrected chi connectivity index (χ1v) is 15.1. The van der Waals surface area contributed by atoms with Gasteiger partial charge in [0.15, 0.2) is 11.5 Å². The van der Waals surface area contributed by atoms with E-state index in [1.54, 1.807) is 42.8 Å². The highest BCUT2D eigenvalue weighted by molar-refractivity contribution is 7.85. The number of hydrogen-bond acceptors (Lipinski definition) is 10. The van der Waals surface area contributed by atoms with Crippen molar-refractivity contribution >= 4 is 38.5 Å². The second-order valence-electron chi connectivity index (χ2n) is 10.6. The summed E-state index contributed by atoms with van der Waals surface area (Å²) < 4.78 is 29.0. The number of aromatic nitrogens is 5. The number of piperazine rings is 1. The topological polar surface area (TPSA) is 159 Å². The van der Waals surface area contributed by atoms with Crippen molar-refractivity contribution in [2.24, 2.45) is 0 Å². The zero-order chi connectivity index (χ0) is 30.7. The van der Waals surface area contributed by atoms with Crippen LogP contribution in [0.3, 0.4) is 0 Å². The van der Waals surface area contributed by atoms with E-state index < -0.39 is 15.7 Å². The van der Waals surface area contributed by atoms with Crippen molar-refractivity contribution in [2.75, 3.05) is 49.7 Å². The molecular weight excluding hydrogens is 560 g/mol. The molecule has 224 valence electrons. The summed E-state index contributed by atoms with van der Waals surface area (Å²) in [7, 11) is -1.52. The molecule has 42 heavy (non-hydrogen) atoms. The number of hydrogen-bond donors (Lipinski definition) is 3. The van der Waals surface area contributed by atoms with Gasteiger partial charge in [0, 0.05) is 43.8 Å². The van der Waals surface area contributed by atoms with Crippen molar-refractivity contribution in [3.63, 3.8) is 0 Å². The first-order valence-electron chi connectivity index (χ1n) is 13.3. The molecule has 4 heterocycles. The number of aliphatic hydroxyl groups is 1. The van der Waals surface area contributed by atoms with Crippen molar-refractivity contribution in [2.45, 2.75) is 26.0 Å². The molecule has 4 aromatic rings. The number of nitrogens with one attached hydrogen (secondary N) is 1. The van der Waals surface area contributed by atoms with E-state index in [-0.39, 0.29) is 12.1 Å². The minimum Gasteiger partial charge on any atom is -0.384 e. The van der Waals surface area contributed by atoms with Crippen LogP contribution in [0.1, 0.15) is 19.5 Å². The van der Waals surface area contributed by atoms with Crippen molar-refractivity contribution < 1.29 is 18.1 Å². The number of fused-ring (bicyclic) bond motifs is 1. The van der Waals surface area contributed by atoms with Crippen LogP contribution >= 0.6 is 0 Å². The van der Waals surface area contributed by atoms with Crippen LogP contribution in [-0.2, 0) is 22.3 Å². The maximum atomic E-state index is 13.2. The van der Waals surface area contributed by atoms with Crippen LogP contribution in [0.15, 0.2) is 66.1 Å². The quantitative estimate of drug-likeness (QED) is 0.212. The maximum absolute atomic E-state index is 13.2. The van der Waals surface area contributed by atoms with Crippen molar-refractivity contribution in [3.8, 4) is 5.82 Å². The third kappa shape index (κ3) is 7.59. The maximum Gasteiger partial charge on any atom is 0.278 e. The number of allylic oxidation sites excluding steroid dienone is 1. The summed E-state index contributed by atoms with van der Waals surface area (Å²) in [6.45, 7) is 11.5. The van der Waals surface area contributed by atoms with Crippen molar-refractivity contribution in [1.82, 2.24) is 29.2 Å². The zero-order valence-corrected chi connectivity index (χ0v) is 24.9. The molecule has 3 aromatic heterocycles. The number of rotatable bonds is 7. The third-order valence-electron chi connectivity index (χ3n) is 6.55. The van der Waals surface area contributed by atoms with Gasteiger partial charge in [-0.1, -0.05) is 12.1 Å². The molecule has 0 spiro atoms. The fraction of sp³-hybridized carbons (Fsp3) is 0.357. The summed E-state index contributed by atoms with van der Waals surface area (Å²) in [6, 6.07) is 13.5. The molecule has 0 aliphatic carbocycles. The van der Waals surface area contributed by atoms with Crippen LogP contribution in [0.25, 0.3) is 16.9 Å². The van der Waals surface area contributed by atoms with Gasteiger partial charge in [0.25, 0.3) is 15.7 Å². The van der Waals surface area contributed by atoms with Gasteiger partial charge in [-0.05, 0) is 57.3 Å². The summed E-state index contributed by atoms with van der Waals surface area (Å²) in [4.78, 5) is 31.6. The average Bonchev–Trinajstić information content (AvgIpc) is 3.19. The van der Waals surface area contributed by atoms with Crippen molar-refractivity contribution in [3.05, 3.63) is 77.4 Å². The molecule has 5 rings (SSSR count). The first kappa shape index (κ1) is 30.8. The van der Waals surface area contributed by atoms with Crippen LogP contribution in [0.5, 0.6) is 0 Å². The molecule has 0 radical (unpaired) electrons. The molecule has 1 aliphatic rings. The van der Waals surface area contributed by atoms with E-state index in [1.807, 2.05) is 12.1 Å². The normalized spacial score (nSPS) is 14.4. The number of pyridine rings is 1. The van der Waals surface area contributed by atoms with Gasteiger partial charge in [-0.3, -0.25) is 9.35 Å². The van der Waals surface area contributed by atoms with Crippen LogP contribution < -0.4 is 15.8 Å². The highest BCUT2D eigenvalue weighted by Gasteiger charge is 2.22. The smallest absolute Gasteiger partial charge is 0.278 e. The lowest BCUT2D eigenvalue weighted by molar-refractivity contribution is 0.0738. The minimum absolute atomic E-state index is 0.242. The molecule has 1 aromatic carbocycles. The number of benzene rings is 1. The predicted molar refractivity (Wildman–Crippen MR) is 163 cm³/mol. The van der Waals surface area contributed by atoms with E-state index in [1.165, 1.54) is 16.6 Å². The Morgan fingerprint density at radius 2 is 1.71 bits per heavy atom. The number of anilines is 3. The van der Waals surface area contributed by atoms with Gasteiger partial charge >= 0.3 is 0 Å². The van der Waals surface area contributed by atoms with Gasteiger partial charge in [0.05, 0.1) is 18.5 Å². The summed E-state index contributed by atoms with van der Waals surface area (Å²) in [5, 5.41) is 14.1. The highest BCUT2D eigenvalue weighted by atomic mass is 32.2. The molecule has 0 bridgehead atoms. The molecule has 13 nitrogen and oxygen atoms in total. The fourth-order valence-corrected chi connectivity index (χ4v) is 4.44. The summed E-state index contributed by atoms with van der Waals surface area (Å²) in [5.74, 6) is 0.831. The Balaban J connectivity index is 0.000000748. The van der Waals surface area contributed by atoms with Crippen LogP contribution in [0, 0.1) is 0 Å². The molecule has 1 aliphatic heterocycles. The van der Waals surface area contributed by atoms with Gasteiger partial charge < -0.3 is 20.2 Å². The number of nitrogens with zero attached hydrogens (tertiary/aromatic N) is 7. The molecule has 3 N–H and O–H groups in total. The van der Waals surface area contributed by atoms with Gasteiger partial charge in [0.2, 0.25) is 5.95 Å². The predicted octanol–water partition coefficient (Wildman–Crippen LogP) is 2.39. The first-order chi connectivity index (χ1) is 19.7. The molecule has 1 saturated heterocycles. The van der Waals surface area contributed by atoms with E-state index in [2.05, 4.69) is 50.8 Å². The lowest BCUT2D eigenvalue weighted by Gasteiger charge is -2.34. The molecule has 14 heteroatoms. The molecular formula is C28H36N8O5S. The van der Waals surface area contributed by atoms with Crippen molar-refractivity contribution in [1.29, 1.82) is 0 Å². The average molecular weight is 597 g/mol. The second kappa shape index (κ2) is 12.4. The molecule has 0 saturated carbocycles. The van der Waals surface area contributed by atoms with E-state index in [0.717, 1.165) is 31.9 Å². The molecule has 0 amide bonds. The number of likely N-dealkylation sites (N-methyl/N-ethyl adjacent to an activating group) is 1. The monoisotopic (exact) mass is 596 g/mol. The Bertz CT molecular complexity index is 1710. The second-order valence-corrected chi connectivity index (χ2v) is 12.0. The Labute approximate surface area is 244 Å². The SMILES string of the molecule is C=CCn1c(=O)c2cnc(Nc3ccc(N4CCN(C)CC4)cc3)nc2n1-c1cccc(C(C)(C)O)n1.CS(=O)(=O)O. The largest absolute Gasteiger partial charge is 0.384 e. The Morgan fingerprint density at radius 1 is 1.07 bits per heavy atom. The fourth-order valence-electron chi connectivity index (χ4n) is 4.44.